The number of rotatable bonds is 6. The van der Waals surface area contributed by atoms with Gasteiger partial charge in [0.1, 0.15) is 0 Å². The van der Waals surface area contributed by atoms with Crippen LogP contribution in [0.1, 0.15) is 18.2 Å². The number of amides is 1. The van der Waals surface area contributed by atoms with E-state index in [4.69, 9.17) is 16.3 Å². The van der Waals surface area contributed by atoms with Gasteiger partial charge in [0.15, 0.2) is 5.13 Å². The summed E-state index contributed by atoms with van der Waals surface area (Å²) in [5.41, 5.74) is 1.44. The van der Waals surface area contributed by atoms with Crippen molar-refractivity contribution < 1.29 is 14.3 Å². The number of carbonyl (C=O) groups is 2. The Morgan fingerprint density at radius 2 is 2.09 bits per heavy atom. The zero-order chi connectivity index (χ0) is 16.7. The highest BCUT2D eigenvalue weighted by Gasteiger charge is 2.09. The summed E-state index contributed by atoms with van der Waals surface area (Å²) < 4.78 is 4.85. The minimum Gasteiger partial charge on any atom is -0.466 e. The molecule has 1 amide bonds. The first-order valence-corrected chi connectivity index (χ1v) is 8.17. The van der Waals surface area contributed by atoms with Crippen molar-refractivity contribution in [2.45, 2.75) is 13.3 Å². The zero-order valence-corrected chi connectivity index (χ0v) is 14.0. The first-order valence-electron chi connectivity index (χ1n) is 6.91. The van der Waals surface area contributed by atoms with E-state index >= 15 is 0 Å². The normalized spacial score (nSPS) is 10.7. The van der Waals surface area contributed by atoms with E-state index in [0.717, 1.165) is 5.56 Å². The van der Waals surface area contributed by atoms with Gasteiger partial charge in [0.2, 0.25) is 5.91 Å². The fourth-order valence-corrected chi connectivity index (χ4v) is 2.54. The highest BCUT2D eigenvalue weighted by atomic mass is 35.5. The van der Waals surface area contributed by atoms with Gasteiger partial charge in [-0.3, -0.25) is 14.9 Å². The molecule has 0 aliphatic heterocycles. The number of aromatic nitrogens is 1. The van der Waals surface area contributed by atoms with Gasteiger partial charge < -0.3 is 4.74 Å². The van der Waals surface area contributed by atoms with Crippen LogP contribution >= 0.6 is 22.9 Å². The summed E-state index contributed by atoms with van der Waals surface area (Å²) >= 11 is 7.06. The Bertz CT molecular complexity index is 710. The van der Waals surface area contributed by atoms with E-state index in [1.807, 2.05) is 12.1 Å². The Kier molecular flexibility index (Phi) is 6.31. The van der Waals surface area contributed by atoms with Crippen LogP contribution in [-0.4, -0.2) is 23.5 Å². The van der Waals surface area contributed by atoms with Gasteiger partial charge in [-0.05, 0) is 30.7 Å². The van der Waals surface area contributed by atoms with Crippen LogP contribution in [0.2, 0.25) is 5.02 Å². The molecule has 0 bridgehead atoms. The molecule has 0 saturated carbocycles. The van der Waals surface area contributed by atoms with Gasteiger partial charge in [-0.1, -0.05) is 23.7 Å². The van der Waals surface area contributed by atoms with Crippen LogP contribution in [0.25, 0.3) is 6.08 Å². The molecule has 0 spiro atoms. The van der Waals surface area contributed by atoms with E-state index in [2.05, 4.69) is 10.3 Å². The molecule has 1 aromatic heterocycles. The van der Waals surface area contributed by atoms with E-state index < -0.39 is 0 Å². The Hall–Kier alpha value is -2.18. The summed E-state index contributed by atoms with van der Waals surface area (Å²) in [6.07, 6.45) is 3.19. The molecule has 1 aromatic carbocycles. The summed E-state index contributed by atoms with van der Waals surface area (Å²) in [4.78, 5) is 27.4. The number of hydrogen-bond donors (Lipinski definition) is 1. The number of carbonyl (C=O) groups excluding carboxylic acids is 2. The molecule has 2 rings (SSSR count). The molecule has 1 N–H and O–H groups in total. The van der Waals surface area contributed by atoms with Crippen LogP contribution in [0.5, 0.6) is 0 Å². The van der Waals surface area contributed by atoms with Crippen LogP contribution in [0, 0.1) is 0 Å². The van der Waals surface area contributed by atoms with E-state index in [9.17, 15) is 9.59 Å². The maximum Gasteiger partial charge on any atom is 0.311 e. The average Bonchev–Trinajstić information content (AvgIpc) is 2.94. The Balaban J connectivity index is 1.89. The SMILES string of the molecule is CCOC(=O)Cc1csc(NC(=O)/C=C/c2ccc(Cl)cc2)n1. The van der Waals surface area contributed by atoms with Gasteiger partial charge in [0.25, 0.3) is 0 Å². The smallest absolute Gasteiger partial charge is 0.311 e. The summed E-state index contributed by atoms with van der Waals surface area (Å²) in [6, 6.07) is 7.13. The standard InChI is InChI=1S/C16H15ClN2O3S/c1-2-22-15(21)9-13-10-23-16(18-13)19-14(20)8-5-11-3-6-12(17)7-4-11/h3-8,10H,2,9H2,1H3,(H,18,19,20)/b8-5+. The maximum absolute atomic E-state index is 11.8. The molecule has 0 unspecified atom stereocenters. The fraction of sp³-hybridized carbons (Fsp3) is 0.188. The monoisotopic (exact) mass is 350 g/mol. The molecule has 0 atom stereocenters. The molecule has 2 aromatic rings. The van der Waals surface area contributed by atoms with Crippen molar-refractivity contribution in [2.75, 3.05) is 11.9 Å². The van der Waals surface area contributed by atoms with Crippen molar-refractivity contribution in [2.24, 2.45) is 0 Å². The molecule has 0 aliphatic carbocycles. The maximum atomic E-state index is 11.8. The lowest BCUT2D eigenvalue weighted by molar-refractivity contribution is -0.142. The molecule has 1 heterocycles. The Labute approximate surface area is 143 Å². The largest absolute Gasteiger partial charge is 0.466 e. The third-order valence-electron chi connectivity index (χ3n) is 2.71. The lowest BCUT2D eigenvalue weighted by Gasteiger charge is -1.98. The van der Waals surface area contributed by atoms with Gasteiger partial charge in [-0.2, -0.15) is 0 Å². The van der Waals surface area contributed by atoms with Crippen molar-refractivity contribution in [1.82, 2.24) is 4.98 Å². The van der Waals surface area contributed by atoms with Crippen molar-refractivity contribution in [3.05, 3.63) is 52.0 Å². The molecular formula is C16H15ClN2O3S. The van der Waals surface area contributed by atoms with Crippen molar-refractivity contribution >= 4 is 46.0 Å². The third kappa shape index (κ3) is 5.84. The molecule has 7 heteroatoms. The van der Waals surface area contributed by atoms with Gasteiger partial charge in [0, 0.05) is 16.5 Å². The highest BCUT2D eigenvalue weighted by molar-refractivity contribution is 7.14. The van der Waals surface area contributed by atoms with Crippen LogP contribution in [0.4, 0.5) is 5.13 Å². The number of nitrogens with zero attached hydrogens (tertiary/aromatic N) is 1. The van der Waals surface area contributed by atoms with Crippen LogP contribution in [0.3, 0.4) is 0 Å². The van der Waals surface area contributed by atoms with Crippen molar-refractivity contribution in [3.63, 3.8) is 0 Å². The Morgan fingerprint density at radius 3 is 2.78 bits per heavy atom. The number of ether oxygens (including phenoxy) is 1. The van der Waals surface area contributed by atoms with E-state index in [-0.39, 0.29) is 18.3 Å². The number of benzene rings is 1. The molecule has 0 radical (unpaired) electrons. The second-order valence-corrected chi connectivity index (χ2v) is 5.79. The first-order chi connectivity index (χ1) is 11.1. The van der Waals surface area contributed by atoms with Gasteiger partial charge >= 0.3 is 5.97 Å². The summed E-state index contributed by atoms with van der Waals surface area (Å²) in [6.45, 7) is 2.08. The summed E-state index contributed by atoms with van der Waals surface area (Å²) in [5.74, 6) is -0.629. The van der Waals surface area contributed by atoms with Gasteiger partial charge in [0.05, 0.1) is 18.7 Å². The Morgan fingerprint density at radius 1 is 1.35 bits per heavy atom. The lowest BCUT2D eigenvalue weighted by Crippen LogP contribution is -2.09. The summed E-state index contributed by atoms with van der Waals surface area (Å²) in [7, 11) is 0. The number of anilines is 1. The minimum absolute atomic E-state index is 0.0980. The van der Waals surface area contributed by atoms with Crippen LogP contribution < -0.4 is 5.32 Å². The lowest BCUT2D eigenvalue weighted by atomic mass is 10.2. The topological polar surface area (TPSA) is 68.3 Å². The summed E-state index contributed by atoms with van der Waals surface area (Å²) in [5, 5.41) is 5.45. The fourth-order valence-electron chi connectivity index (χ4n) is 1.70. The van der Waals surface area contributed by atoms with Crippen LogP contribution in [-0.2, 0) is 20.7 Å². The van der Waals surface area contributed by atoms with Crippen molar-refractivity contribution in [3.8, 4) is 0 Å². The number of halogens is 1. The molecule has 0 fully saturated rings. The number of hydrogen-bond acceptors (Lipinski definition) is 5. The number of esters is 1. The molecule has 0 aliphatic rings. The highest BCUT2D eigenvalue weighted by Crippen LogP contribution is 2.16. The molecule has 23 heavy (non-hydrogen) atoms. The zero-order valence-electron chi connectivity index (χ0n) is 12.4. The first kappa shape index (κ1) is 17.2. The number of nitrogens with one attached hydrogen (secondary N) is 1. The minimum atomic E-state index is -0.335. The second-order valence-electron chi connectivity index (χ2n) is 4.50. The van der Waals surface area contributed by atoms with E-state index in [1.165, 1.54) is 17.4 Å². The van der Waals surface area contributed by atoms with E-state index in [0.29, 0.717) is 22.5 Å². The number of thiazole rings is 1. The second kappa shape index (κ2) is 8.45. The van der Waals surface area contributed by atoms with Gasteiger partial charge in [-0.15, -0.1) is 11.3 Å². The molecule has 0 saturated heterocycles. The predicted octanol–water partition coefficient (Wildman–Crippen LogP) is 3.55. The third-order valence-corrected chi connectivity index (χ3v) is 3.77. The van der Waals surface area contributed by atoms with Crippen molar-refractivity contribution in [1.29, 1.82) is 0 Å². The predicted molar refractivity (Wildman–Crippen MR) is 91.6 cm³/mol. The molecule has 120 valence electrons. The molecular weight excluding hydrogens is 336 g/mol. The molecule has 5 nitrogen and oxygen atoms in total. The van der Waals surface area contributed by atoms with Crippen LogP contribution in [0.15, 0.2) is 35.7 Å². The van der Waals surface area contributed by atoms with E-state index in [1.54, 1.807) is 30.5 Å². The quantitative estimate of drug-likeness (QED) is 0.639. The van der Waals surface area contributed by atoms with Gasteiger partial charge in [-0.25, -0.2) is 4.98 Å². The average molecular weight is 351 g/mol.